The highest BCUT2D eigenvalue weighted by Crippen LogP contribution is 2.35. The number of ether oxygens (including phenoxy) is 2. The van der Waals surface area contributed by atoms with Gasteiger partial charge in [-0.25, -0.2) is 0 Å². The fourth-order valence-electron chi connectivity index (χ4n) is 3.48. The number of carbonyl (C=O) groups is 1. The van der Waals surface area contributed by atoms with E-state index in [4.69, 9.17) is 9.47 Å². The molecule has 3 aliphatic heterocycles. The molecular formula is C20H25NO4. The average molecular weight is 343 g/mol. The van der Waals surface area contributed by atoms with Crippen molar-refractivity contribution < 1.29 is 19.4 Å². The molecule has 0 aliphatic carbocycles. The van der Waals surface area contributed by atoms with Crippen molar-refractivity contribution in [3.63, 3.8) is 0 Å². The molecule has 25 heavy (non-hydrogen) atoms. The van der Waals surface area contributed by atoms with Gasteiger partial charge in [-0.15, -0.1) is 0 Å². The molecule has 1 unspecified atom stereocenters. The van der Waals surface area contributed by atoms with Crippen LogP contribution < -0.4 is 4.74 Å². The molecule has 1 atom stereocenters. The molecule has 0 saturated carbocycles. The molecule has 4 rings (SSSR count). The highest BCUT2D eigenvalue weighted by molar-refractivity contribution is 5.69. The topological polar surface area (TPSA) is 59.0 Å². The van der Waals surface area contributed by atoms with Crippen LogP contribution >= 0.6 is 0 Å². The molecule has 3 heterocycles. The summed E-state index contributed by atoms with van der Waals surface area (Å²) in [6.07, 6.45) is 2.29. The number of aliphatic hydroxyl groups is 1. The molecule has 3 aliphatic rings. The van der Waals surface area contributed by atoms with E-state index in [2.05, 4.69) is 16.7 Å². The summed E-state index contributed by atoms with van der Waals surface area (Å²) in [6.45, 7) is 5.27. The Bertz CT molecular complexity index is 653. The van der Waals surface area contributed by atoms with Gasteiger partial charge in [0.05, 0.1) is 19.6 Å². The smallest absolute Gasteiger partial charge is 0.309 e. The molecule has 2 bridgehead atoms. The highest BCUT2D eigenvalue weighted by Gasteiger charge is 2.44. The van der Waals surface area contributed by atoms with E-state index >= 15 is 0 Å². The second-order valence-corrected chi connectivity index (χ2v) is 6.65. The molecule has 5 nitrogen and oxygen atoms in total. The van der Waals surface area contributed by atoms with Crippen molar-refractivity contribution in [2.24, 2.45) is 5.92 Å². The standard InChI is InChI=1S/C20H25NO4/c1-2-24-19(22)10-14-25-18-5-3-16(4-6-18)7-11-20(23)15-21-12-8-17(20)9-13-21/h3-6,17,23H,2,8-10,12-15H2,1H3. The lowest BCUT2D eigenvalue weighted by molar-refractivity contribution is -0.143. The summed E-state index contributed by atoms with van der Waals surface area (Å²) in [7, 11) is 0. The van der Waals surface area contributed by atoms with Crippen molar-refractivity contribution in [2.45, 2.75) is 31.8 Å². The van der Waals surface area contributed by atoms with Crippen LogP contribution in [0.3, 0.4) is 0 Å². The molecule has 3 saturated heterocycles. The Hall–Kier alpha value is -2.03. The van der Waals surface area contributed by atoms with Gasteiger partial charge in [-0.05, 0) is 57.1 Å². The minimum absolute atomic E-state index is 0.236. The molecular weight excluding hydrogens is 318 g/mol. The summed E-state index contributed by atoms with van der Waals surface area (Å²) >= 11 is 0. The molecule has 5 heteroatoms. The predicted octanol–water partition coefficient (Wildman–Crippen LogP) is 1.83. The molecule has 1 aromatic carbocycles. The van der Waals surface area contributed by atoms with Crippen LogP contribution in [0.1, 0.15) is 31.7 Å². The number of hydrogen-bond donors (Lipinski definition) is 1. The fourth-order valence-corrected chi connectivity index (χ4v) is 3.48. The first-order valence-corrected chi connectivity index (χ1v) is 8.95. The van der Waals surface area contributed by atoms with Gasteiger partial charge in [0.2, 0.25) is 0 Å². The number of hydrogen-bond acceptors (Lipinski definition) is 5. The normalized spacial score (nSPS) is 27.3. The van der Waals surface area contributed by atoms with Crippen LogP contribution in [0.25, 0.3) is 0 Å². The maximum Gasteiger partial charge on any atom is 0.309 e. The van der Waals surface area contributed by atoms with Crippen LogP contribution in [0.15, 0.2) is 24.3 Å². The Balaban J connectivity index is 1.54. The van der Waals surface area contributed by atoms with Gasteiger partial charge in [0, 0.05) is 18.0 Å². The van der Waals surface area contributed by atoms with E-state index in [-0.39, 0.29) is 18.3 Å². The van der Waals surface area contributed by atoms with E-state index in [0.29, 0.717) is 25.5 Å². The number of esters is 1. The first-order chi connectivity index (χ1) is 12.1. The first kappa shape index (κ1) is 17.8. The average Bonchev–Trinajstić information content (AvgIpc) is 2.62. The van der Waals surface area contributed by atoms with E-state index in [1.54, 1.807) is 6.92 Å². The van der Waals surface area contributed by atoms with Gasteiger partial charge < -0.3 is 14.6 Å². The highest BCUT2D eigenvalue weighted by atomic mass is 16.5. The van der Waals surface area contributed by atoms with Crippen LogP contribution in [-0.2, 0) is 9.53 Å². The third kappa shape index (κ3) is 4.53. The molecule has 3 fully saturated rings. The van der Waals surface area contributed by atoms with Gasteiger partial charge in [-0.1, -0.05) is 11.8 Å². The van der Waals surface area contributed by atoms with Crippen molar-refractivity contribution >= 4 is 5.97 Å². The quantitative estimate of drug-likeness (QED) is 0.653. The predicted molar refractivity (Wildman–Crippen MR) is 94.2 cm³/mol. The maximum atomic E-state index is 11.3. The largest absolute Gasteiger partial charge is 0.493 e. The van der Waals surface area contributed by atoms with E-state index in [1.807, 2.05) is 24.3 Å². The Morgan fingerprint density at radius 2 is 2.04 bits per heavy atom. The third-order valence-electron chi connectivity index (χ3n) is 4.89. The lowest BCUT2D eigenvalue weighted by Gasteiger charge is -2.47. The maximum absolute atomic E-state index is 11.3. The van der Waals surface area contributed by atoms with Gasteiger partial charge in [0.15, 0.2) is 0 Å². The number of carbonyl (C=O) groups excluding carboxylic acids is 1. The van der Waals surface area contributed by atoms with Gasteiger partial charge in [0.25, 0.3) is 0 Å². The van der Waals surface area contributed by atoms with Crippen LogP contribution in [0, 0.1) is 17.8 Å². The Morgan fingerprint density at radius 3 is 2.64 bits per heavy atom. The molecule has 134 valence electrons. The number of fused-ring (bicyclic) bond motifs is 3. The van der Waals surface area contributed by atoms with E-state index in [1.165, 1.54) is 0 Å². The summed E-state index contributed by atoms with van der Waals surface area (Å²) in [5, 5.41) is 10.8. The van der Waals surface area contributed by atoms with Crippen molar-refractivity contribution in [3.05, 3.63) is 29.8 Å². The molecule has 0 amide bonds. The molecule has 0 aromatic heterocycles. The van der Waals surface area contributed by atoms with Crippen LogP contribution in [0.4, 0.5) is 0 Å². The second-order valence-electron chi connectivity index (χ2n) is 6.65. The van der Waals surface area contributed by atoms with Gasteiger partial charge in [0.1, 0.15) is 11.4 Å². The molecule has 0 spiro atoms. The summed E-state index contributed by atoms with van der Waals surface area (Å²) in [5.74, 6) is 6.93. The van der Waals surface area contributed by atoms with Crippen LogP contribution in [0.5, 0.6) is 5.75 Å². The lowest BCUT2D eigenvalue weighted by atomic mass is 9.76. The number of rotatable bonds is 5. The Morgan fingerprint density at radius 1 is 1.32 bits per heavy atom. The molecule has 1 aromatic rings. The molecule has 1 N–H and O–H groups in total. The van der Waals surface area contributed by atoms with Gasteiger partial charge in [-0.2, -0.15) is 0 Å². The van der Waals surface area contributed by atoms with Crippen molar-refractivity contribution in [3.8, 4) is 17.6 Å². The monoisotopic (exact) mass is 343 g/mol. The zero-order chi connectivity index (χ0) is 17.7. The number of benzene rings is 1. The third-order valence-corrected chi connectivity index (χ3v) is 4.89. The van der Waals surface area contributed by atoms with Crippen molar-refractivity contribution in [2.75, 3.05) is 32.8 Å². The minimum atomic E-state index is -0.884. The van der Waals surface area contributed by atoms with Gasteiger partial charge >= 0.3 is 5.97 Å². The SMILES string of the molecule is CCOC(=O)CCOc1ccc(C#CC2(O)CN3CCC2CC3)cc1. The Labute approximate surface area is 148 Å². The minimum Gasteiger partial charge on any atom is -0.493 e. The van der Waals surface area contributed by atoms with Crippen LogP contribution in [-0.4, -0.2) is 54.4 Å². The van der Waals surface area contributed by atoms with Crippen molar-refractivity contribution in [1.29, 1.82) is 0 Å². The Kier molecular flexibility index (Phi) is 5.62. The zero-order valence-electron chi connectivity index (χ0n) is 14.7. The first-order valence-electron chi connectivity index (χ1n) is 8.95. The summed E-state index contributed by atoms with van der Waals surface area (Å²) < 4.78 is 10.4. The second kappa shape index (κ2) is 7.90. The number of nitrogens with zero attached hydrogens (tertiary/aromatic N) is 1. The van der Waals surface area contributed by atoms with Crippen LogP contribution in [0.2, 0.25) is 0 Å². The lowest BCUT2D eigenvalue weighted by Crippen LogP contribution is -2.58. The summed E-state index contributed by atoms with van der Waals surface area (Å²) in [4.78, 5) is 13.5. The number of piperidine rings is 3. The van der Waals surface area contributed by atoms with Crippen molar-refractivity contribution in [1.82, 2.24) is 4.90 Å². The van der Waals surface area contributed by atoms with Gasteiger partial charge in [-0.3, -0.25) is 9.69 Å². The zero-order valence-corrected chi connectivity index (χ0v) is 14.7. The van der Waals surface area contributed by atoms with E-state index in [9.17, 15) is 9.90 Å². The summed E-state index contributed by atoms with van der Waals surface area (Å²) in [6, 6.07) is 7.40. The summed E-state index contributed by atoms with van der Waals surface area (Å²) in [5.41, 5.74) is -0.0340. The van der Waals surface area contributed by atoms with E-state index < -0.39 is 5.60 Å². The molecule has 0 radical (unpaired) electrons. The van der Waals surface area contributed by atoms with E-state index in [0.717, 1.165) is 31.5 Å². The fraction of sp³-hybridized carbons (Fsp3) is 0.550.